The van der Waals surface area contributed by atoms with Crippen LogP contribution in [0.1, 0.15) is 55.2 Å². The molecule has 1 fully saturated rings. The highest BCUT2D eigenvalue weighted by Gasteiger charge is 2.32. The highest BCUT2D eigenvalue weighted by molar-refractivity contribution is 8.15. The lowest BCUT2D eigenvalue weighted by atomic mass is 10.1. The van der Waals surface area contributed by atoms with E-state index in [0.717, 1.165) is 46.8 Å². The van der Waals surface area contributed by atoms with E-state index in [1.807, 2.05) is 0 Å². The number of esters is 2. The largest absolute Gasteiger partial charge is 0.573 e. The molecule has 76 heavy (non-hydrogen) atoms. The molecule has 1 saturated heterocycles. The molecule has 0 spiro atoms. The molecule has 3 amide bonds. The topological polar surface area (TPSA) is 191 Å². The third-order valence-corrected chi connectivity index (χ3v) is 12.8. The smallest absolute Gasteiger partial charge is 0.491 e. The van der Waals surface area contributed by atoms with E-state index in [9.17, 15) is 46.3 Å². The van der Waals surface area contributed by atoms with Gasteiger partial charge in [0, 0.05) is 17.6 Å². The van der Waals surface area contributed by atoms with Crippen molar-refractivity contribution in [1.82, 2.24) is 10.6 Å². The number of carbonyl (C=O) groups excluding carboxylic acids is 6. The number of rotatable bonds is 24. The predicted octanol–water partition coefficient (Wildman–Crippen LogP) is 10.4. The first-order valence-corrected chi connectivity index (χ1v) is 25.0. The van der Waals surface area contributed by atoms with Gasteiger partial charge in [-0.3, -0.25) is 24.5 Å². The van der Waals surface area contributed by atoms with Gasteiger partial charge < -0.3 is 38.5 Å². The first-order valence-electron chi connectivity index (χ1n) is 22.8. The third kappa shape index (κ3) is 18.7. The van der Waals surface area contributed by atoms with E-state index in [0.29, 0.717) is 46.1 Å². The van der Waals surface area contributed by atoms with Crippen molar-refractivity contribution in [3.63, 3.8) is 0 Å². The highest BCUT2D eigenvalue weighted by Crippen LogP contribution is 2.30. The Hall–Kier alpha value is -7.43. The lowest BCUT2D eigenvalue weighted by Crippen LogP contribution is -2.31. The number of hydrogen-bond acceptors (Lipinski definition) is 15. The summed E-state index contributed by atoms with van der Waals surface area (Å²) in [5, 5.41) is 3.79. The zero-order valence-electron chi connectivity index (χ0n) is 40.1. The van der Waals surface area contributed by atoms with E-state index in [2.05, 4.69) is 15.4 Å². The summed E-state index contributed by atoms with van der Waals surface area (Å²) in [4.78, 5) is 70.4. The minimum Gasteiger partial charge on any atom is -0.491 e. The third-order valence-electron chi connectivity index (χ3n) is 10.7. The van der Waals surface area contributed by atoms with Gasteiger partial charge in [0.05, 0.1) is 21.6 Å². The maximum Gasteiger partial charge on any atom is 0.573 e. The number of thioether (sulfide) groups is 2. The molecule has 7 rings (SSSR count). The Morgan fingerprint density at radius 3 is 1.92 bits per heavy atom. The van der Waals surface area contributed by atoms with Crippen molar-refractivity contribution in [2.24, 2.45) is 0 Å². The second-order valence-electron chi connectivity index (χ2n) is 16.0. The zero-order chi connectivity index (χ0) is 54.5. The highest BCUT2D eigenvalue weighted by atomic mass is 35.5. The van der Waals surface area contributed by atoms with Gasteiger partial charge in [-0.25, -0.2) is 14.0 Å². The maximum absolute atomic E-state index is 14.4. The fourth-order valence-corrected chi connectivity index (χ4v) is 8.70. The van der Waals surface area contributed by atoms with Crippen LogP contribution in [0.2, 0.25) is 5.02 Å². The van der Waals surface area contributed by atoms with Crippen LogP contribution in [0, 0.1) is 5.82 Å². The first-order chi connectivity index (χ1) is 36.6. The molecule has 1 aliphatic heterocycles. The lowest BCUT2D eigenvalue weighted by Gasteiger charge is -2.20. The molecule has 4 atom stereocenters. The van der Waals surface area contributed by atoms with E-state index in [-0.39, 0.29) is 41.4 Å². The van der Waals surface area contributed by atoms with Crippen LogP contribution in [0.25, 0.3) is 0 Å². The average molecular weight is 1110 g/mol. The van der Waals surface area contributed by atoms with Gasteiger partial charge in [0.2, 0.25) is 11.8 Å². The number of alkyl halides is 3. The standard InChI is InChI=1S/C28H26F3NO7S.C26H21ClFNO6S/c1-32-26(34)25(40-17-33)14-19-10-12-22(13-11-19)36-16-24(21-8-5-9-23(15-21)39-28(29,30)31)37-18-38-27(35)20-6-3-2-4-7-20;27-18-5-3-4-17(13-18)25(31)35-15-34-22(20-6-1-2-7-21(20)28)14-33-19-10-8-16(9-11-19)12-23-24(30)29-26(32)36-23/h2-13,15,17,24-25H,14,16,18H2,1H3,(H,32,34);1-11,13,22-23H,12,14-15H2,(H,29,30,32). The van der Waals surface area contributed by atoms with E-state index in [1.54, 1.807) is 115 Å². The van der Waals surface area contributed by atoms with E-state index >= 15 is 0 Å². The molecule has 2 N–H and O–H groups in total. The fraction of sp³-hybridized carbons (Fsp3) is 0.222. The van der Waals surface area contributed by atoms with Crippen LogP contribution < -0.4 is 24.8 Å². The SMILES string of the molecule is CNC(=O)C(Cc1ccc(OCC(OCOC(=O)c2ccccc2)c2cccc(OC(F)(F)F)c2)cc1)SC=O.O=C1NC(=O)C(Cc2ccc(OCC(OCOC(=O)c3cccc(Cl)c3)c3ccccc3F)cc2)S1. The summed E-state index contributed by atoms with van der Waals surface area (Å²) in [6.45, 7) is -1.10. The lowest BCUT2D eigenvalue weighted by molar-refractivity contribution is -0.274. The molecule has 398 valence electrons. The van der Waals surface area contributed by atoms with Crippen molar-refractivity contribution in [2.45, 2.75) is 41.9 Å². The second kappa shape index (κ2) is 29.0. The van der Waals surface area contributed by atoms with Crippen LogP contribution >= 0.6 is 35.1 Å². The van der Waals surface area contributed by atoms with Crippen LogP contribution in [-0.2, 0) is 46.2 Å². The molecule has 22 heteroatoms. The molecule has 1 heterocycles. The molecule has 0 radical (unpaired) electrons. The normalized spacial score (nSPS) is 14.2. The van der Waals surface area contributed by atoms with Gasteiger partial charge in [-0.1, -0.05) is 114 Å². The molecule has 0 bridgehead atoms. The second-order valence-corrected chi connectivity index (χ2v) is 18.6. The first kappa shape index (κ1) is 57.8. The van der Waals surface area contributed by atoms with Crippen molar-refractivity contribution in [2.75, 3.05) is 33.8 Å². The Morgan fingerprint density at radius 1 is 0.724 bits per heavy atom. The number of nitrogens with one attached hydrogen (secondary N) is 2. The van der Waals surface area contributed by atoms with Crippen LogP contribution in [0.15, 0.2) is 152 Å². The Bertz CT molecular complexity index is 2900. The van der Waals surface area contributed by atoms with Gasteiger partial charge in [-0.2, -0.15) is 0 Å². The Morgan fingerprint density at radius 2 is 1.32 bits per heavy atom. The Kier molecular flexibility index (Phi) is 22.1. The summed E-state index contributed by atoms with van der Waals surface area (Å²) in [6.07, 6.45) is -5.95. The number of imide groups is 1. The molecule has 15 nitrogen and oxygen atoms in total. The van der Waals surface area contributed by atoms with Crippen LogP contribution in [0.4, 0.5) is 22.4 Å². The summed E-state index contributed by atoms with van der Waals surface area (Å²) in [6, 6.07) is 39.6. The molecule has 6 aromatic rings. The summed E-state index contributed by atoms with van der Waals surface area (Å²) in [5.74, 6) is -1.84. The number of amides is 3. The molecule has 4 unspecified atom stereocenters. The van der Waals surface area contributed by atoms with Crippen LogP contribution in [0.5, 0.6) is 17.2 Å². The van der Waals surface area contributed by atoms with Crippen molar-refractivity contribution in [3.05, 3.63) is 196 Å². The van der Waals surface area contributed by atoms with E-state index in [1.165, 1.54) is 31.3 Å². The van der Waals surface area contributed by atoms with Crippen LogP contribution in [0.3, 0.4) is 0 Å². The molecule has 6 aromatic carbocycles. The van der Waals surface area contributed by atoms with Crippen molar-refractivity contribution < 1.29 is 79.5 Å². The zero-order valence-corrected chi connectivity index (χ0v) is 42.5. The van der Waals surface area contributed by atoms with Crippen molar-refractivity contribution >= 4 is 69.7 Å². The summed E-state index contributed by atoms with van der Waals surface area (Å²) < 4.78 is 90.0. The fourth-order valence-electron chi connectivity index (χ4n) is 6.99. The monoisotopic (exact) mass is 1110 g/mol. The molecular formula is C54H47ClF4N2O13S2. The average Bonchev–Trinajstić information content (AvgIpc) is 3.73. The van der Waals surface area contributed by atoms with Gasteiger partial charge in [-0.05, 0) is 102 Å². The number of ether oxygens (including phenoxy) is 7. The number of carbonyl (C=O) groups is 6. The van der Waals surface area contributed by atoms with Gasteiger partial charge in [0.1, 0.15) is 48.5 Å². The van der Waals surface area contributed by atoms with Gasteiger partial charge >= 0.3 is 18.3 Å². The van der Waals surface area contributed by atoms with Crippen molar-refractivity contribution in [3.8, 4) is 17.2 Å². The number of halogens is 5. The quantitative estimate of drug-likeness (QED) is 0.0252. The van der Waals surface area contributed by atoms with E-state index < -0.39 is 66.2 Å². The Labute approximate surface area is 446 Å². The minimum absolute atomic E-state index is 0.0512. The number of hydrogen-bond donors (Lipinski definition) is 2. The van der Waals surface area contributed by atoms with Crippen molar-refractivity contribution in [1.29, 1.82) is 0 Å². The van der Waals surface area contributed by atoms with Gasteiger partial charge in [-0.15, -0.1) is 13.2 Å². The molecule has 0 saturated carbocycles. The Balaban J connectivity index is 0.000000248. The summed E-state index contributed by atoms with van der Waals surface area (Å²) >= 11 is 7.75. The molecule has 0 aromatic heterocycles. The summed E-state index contributed by atoms with van der Waals surface area (Å²) in [5.41, 5.74) is 3.39. The minimum atomic E-state index is -4.88. The molecule has 1 aliphatic rings. The van der Waals surface area contributed by atoms with Gasteiger partial charge in [0.25, 0.3) is 5.24 Å². The van der Waals surface area contributed by atoms with E-state index in [4.69, 9.17) is 40.0 Å². The van der Waals surface area contributed by atoms with Crippen LogP contribution in [-0.4, -0.2) is 85.3 Å². The number of benzene rings is 6. The maximum atomic E-state index is 14.4. The van der Waals surface area contributed by atoms with Gasteiger partial charge in [0.15, 0.2) is 19.2 Å². The molecule has 0 aliphatic carbocycles. The summed E-state index contributed by atoms with van der Waals surface area (Å²) in [7, 11) is 1.49. The predicted molar refractivity (Wildman–Crippen MR) is 274 cm³/mol. The molecular weight excluding hydrogens is 1060 g/mol.